The molecule has 1 unspecified atom stereocenters. The molecule has 2 aromatic rings. The highest BCUT2D eigenvalue weighted by Gasteiger charge is 2.18. The number of rotatable bonds is 3. The summed E-state index contributed by atoms with van der Waals surface area (Å²) >= 11 is 7.81. The smallest absolute Gasteiger partial charge is 0.254 e. The maximum atomic E-state index is 6.11. The Morgan fingerprint density at radius 1 is 1.61 bits per heavy atom. The van der Waals surface area contributed by atoms with Gasteiger partial charge < -0.3 is 4.74 Å². The molecule has 96 valence electrons. The van der Waals surface area contributed by atoms with Crippen LogP contribution in [0.1, 0.15) is 18.4 Å². The molecular weight excluding hydrogens is 272 g/mol. The summed E-state index contributed by atoms with van der Waals surface area (Å²) in [6.45, 7) is 2.83. The zero-order valence-corrected chi connectivity index (χ0v) is 11.5. The fourth-order valence-electron chi connectivity index (χ4n) is 1.99. The molecule has 1 saturated heterocycles. The van der Waals surface area contributed by atoms with E-state index >= 15 is 0 Å². The van der Waals surface area contributed by atoms with Gasteiger partial charge in [-0.25, -0.2) is 0 Å². The van der Waals surface area contributed by atoms with Crippen molar-refractivity contribution in [2.24, 2.45) is 0 Å². The third-order valence-electron chi connectivity index (χ3n) is 2.98. The van der Waals surface area contributed by atoms with Crippen molar-refractivity contribution >= 4 is 29.1 Å². The lowest BCUT2D eigenvalue weighted by atomic mass is 10.3. The van der Waals surface area contributed by atoms with Crippen LogP contribution < -0.4 is 0 Å². The van der Waals surface area contributed by atoms with Crippen LogP contribution in [0.25, 0.3) is 5.78 Å². The third kappa shape index (κ3) is 2.20. The highest BCUT2D eigenvalue weighted by Crippen LogP contribution is 2.29. The van der Waals surface area contributed by atoms with Gasteiger partial charge in [0.25, 0.3) is 5.78 Å². The number of aromatic nitrogens is 4. The molecule has 2 aromatic heterocycles. The molecule has 0 spiro atoms. The molecule has 3 heterocycles. The lowest BCUT2D eigenvalue weighted by molar-refractivity contribution is 0.129. The van der Waals surface area contributed by atoms with Crippen molar-refractivity contribution in [2.45, 2.75) is 30.9 Å². The van der Waals surface area contributed by atoms with Crippen molar-refractivity contribution in [3.05, 3.63) is 17.0 Å². The first-order valence-electron chi connectivity index (χ1n) is 5.86. The van der Waals surface area contributed by atoms with Crippen molar-refractivity contribution in [3.8, 4) is 0 Å². The Balaban J connectivity index is 1.89. The van der Waals surface area contributed by atoms with Gasteiger partial charge in [-0.15, -0.1) is 11.8 Å². The lowest BCUT2D eigenvalue weighted by Gasteiger charge is -2.11. The van der Waals surface area contributed by atoms with Crippen LogP contribution in [0.2, 0.25) is 5.15 Å². The predicted octanol–water partition coefficient (Wildman–Crippen LogP) is 2.36. The van der Waals surface area contributed by atoms with Crippen molar-refractivity contribution in [2.75, 3.05) is 12.4 Å². The van der Waals surface area contributed by atoms with Gasteiger partial charge in [-0.3, -0.25) is 0 Å². The molecule has 0 amide bonds. The van der Waals surface area contributed by atoms with Gasteiger partial charge in [0, 0.05) is 17.9 Å². The summed E-state index contributed by atoms with van der Waals surface area (Å²) in [4.78, 5) is 8.26. The van der Waals surface area contributed by atoms with E-state index in [1.54, 1.807) is 16.3 Å². The van der Waals surface area contributed by atoms with Gasteiger partial charge in [0.05, 0.1) is 6.10 Å². The fourth-order valence-corrected chi connectivity index (χ4v) is 3.38. The molecule has 1 aliphatic rings. The first-order chi connectivity index (χ1) is 8.75. The minimum Gasteiger partial charge on any atom is -0.377 e. The molecule has 0 aromatic carbocycles. The van der Waals surface area contributed by atoms with E-state index in [0.29, 0.717) is 17.0 Å². The number of nitrogens with zero attached hydrogens (tertiary/aromatic N) is 4. The summed E-state index contributed by atoms with van der Waals surface area (Å²) in [5, 5.41) is 5.68. The topological polar surface area (TPSA) is 52.3 Å². The predicted molar refractivity (Wildman–Crippen MR) is 70.2 cm³/mol. The second kappa shape index (κ2) is 5.03. The molecule has 18 heavy (non-hydrogen) atoms. The van der Waals surface area contributed by atoms with Gasteiger partial charge in [-0.2, -0.15) is 19.6 Å². The van der Waals surface area contributed by atoms with E-state index in [1.165, 1.54) is 6.33 Å². The molecule has 1 aliphatic heterocycles. The Labute approximate surface area is 114 Å². The standard InChI is InChI=1S/C11H13ClN4OS/c1-7-9(12)15-11-13-6-14-16(11)10(7)18-5-8-3-2-4-17-8/h6,8H,2-5H2,1H3. The molecule has 0 bridgehead atoms. The van der Waals surface area contributed by atoms with Crippen LogP contribution in [-0.4, -0.2) is 38.0 Å². The van der Waals surface area contributed by atoms with E-state index in [1.807, 2.05) is 6.92 Å². The highest BCUT2D eigenvalue weighted by atomic mass is 35.5. The van der Waals surface area contributed by atoms with E-state index < -0.39 is 0 Å². The van der Waals surface area contributed by atoms with Crippen LogP contribution >= 0.6 is 23.4 Å². The number of hydrogen-bond donors (Lipinski definition) is 0. The molecule has 5 nitrogen and oxygen atoms in total. The summed E-state index contributed by atoms with van der Waals surface area (Å²) in [5.41, 5.74) is 0.942. The third-order valence-corrected chi connectivity index (χ3v) is 4.64. The number of ether oxygens (including phenoxy) is 1. The Morgan fingerprint density at radius 2 is 2.50 bits per heavy atom. The van der Waals surface area contributed by atoms with E-state index in [-0.39, 0.29) is 0 Å². The van der Waals surface area contributed by atoms with Crippen molar-refractivity contribution in [3.63, 3.8) is 0 Å². The van der Waals surface area contributed by atoms with Gasteiger partial charge in [0.2, 0.25) is 0 Å². The van der Waals surface area contributed by atoms with E-state index in [0.717, 1.165) is 35.8 Å². The molecule has 1 atom stereocenters. The normalized spacial score (nSPS) is 19.8. The molecule has 1 fully saturated rings. The summed E-state index contributed by atoms with van der Waals surface area (Å²) in [6.07, 6.45) is 4.11. The molecule has 3 rings (SSSR count). The Hall–Kier alpha value is -0.850. The number of halogens is 1. The Morgan fingerprint density at radius 3 is 3.28 bits per heavy atom. The minimum atomic E-state index is 0.333. The van der Waals surface area contributed by atoms with Gasteiger partial charge in [-0.1, -0.05) is 11.6 Å². The van der Waals surface area contributed by atoms with Crippen LogP contribution in [-0.2, 0) is 4.74 Å². The van der Waals surface area contributed by atoms with Crippen LogP contribution in [0.4, 0.5) is 0 Å². The lowest BCUT2D eigenvalue weighted by Crippen LogP contribution is -2.09. The van der Waals surface area contributed by atoms with Crippen molar-refractivity contribution < 1.29 is 4.74 Å². The van der Waals surface area contributed by atoms with Crippen molar-refractivity contribution in [1.82, 2.24) is 19.6 Å². The van der Waals surface area contributed by atoms with Gasteiger partial charge in [-0.05, 0) is 19.8 Å². The Bertz CT molecular complexity index is 567. The largest absolute Gasteiger partial charge is 0.377 e. The summed E-state index contributed by atoms with van der Waals surface area (Å²) in [7, 11) is 0. The molecule has 0 saturated carbocycles. The summed E-state index contributed by atoms with van der Waals surface area (Å²) in [6, 6.07) is 0. The maximum Gasteiger partial charge on any atom is 0.254 e. The second-order valence-corrected chi connectivity index (χ2v) is 5.62. The number of fused-ring (bicyclic) bond motifs is 1. The fraction of sp³-hybridized carbons (Fsp3) is 0.545. The van der Waals surface area contributed by atoms with E-state index in [4.69, 9.17) is 16.3 Å². The molecular formula is C11H13ClN4OS. The SMILES string of the molecule is Cc1c(Cl)nc2ncnn2c1SCC1CCCO1. The monoisotopic (exact) mass is 284 g/mol. The molecule has 0 radical (unpaired) electrons. The first-order valence-corrected chi connectivity index (χ1v) is 7.22. The molecule has 0 aliphatic carbocycles. The van der Waals surface area contributed by atoms with Crippen LogP contribution in [0.15, 0.2) is 11.4 Å². The van der Waals surface area contributed by atoms with Crippen LogP contribution in [0.5, 0.6) is 0 Å². The average Bonchev–Trinajstić information content (AvgIpc) is 3.00. The van der Waals surface area contributed by atoms with Gasteiger partial charge in [0.1, 0.15) is 16.5 Å². The molecule has 7 heteroatoms. The minimum absolute atomic E-state index is 0.333. The number of thioether (sulfide) groups is 1. The van der Waals surface area contributed by atoms with E-state index in [2.05, 4.69) is 15.1 Å². The first kappa shape index (κ1) is 12.2. The van der Waals surface area contributed by atoms with Gasteiger partial charge in [0.15, 0.2) is 0 Å². The average molecular weight is 285 g/mol. The number of hydrogen-bond acceptors (Lipinski definition) is 5. The zero-order valence-electron chi connectivity index (χ0n) is 9.97. The zero-order chi connectivity index (χ0) is 12.5. The van der Waals surface area contributed by atoms with Crippen LogP contribution in [0.3, 0.4) is 0 Å². The highest BCUT2D eigenvalue weighted by molar-refractivity contribution is 7.99. The summed E-state index contributed by atoms with van der Waals surface area (Å²) < 4.78 is 7.36. The summed E-state index contributed by atoms with van der Waals surface area (Å²) in [5.74, 6) is 1.45. The Kier molecular flexibility index (Phi) is 3.41. The van der Waals surface area contributed by atoms with Gasteiger partial charge >= 0.3 is 0 Å². The van der Waals surface area contributed by atoms with E-state index in [9.17, 15) is 0 Å². The molecule has 0 N–H and O–H groups in total. The quantitative estimate of drug-likeness (QED) is 0.640. The second-order valence-electron chi connectivity index (χ2n) is 4.25. The van der Waals surface area contributed by atoms with Crippen LogP contribution in [0, 0.1) is 6.92 Å². The van der Waals surface area contributed by atoms with Crippen molar-refractivity contribution in [1.29, 1.82) is 0 Å². The maximum absolute atomic E-state index is 6.11.